The Labute approximate surface area is 87.7 Å². The molecule has 1 rings (SSSR count). The van der Waals surface area contributed by atoms with Gasteiger partial charge in [-0.25, -0.2) is 0 Å². The number of thioether (sulfide) groups is 2. The van der Waals surface area contributed by atoms with Gasteiger partial charge in [-0.3, -0.25) is 0 Å². The van der Waals surface area contributed by atoms with Crippen LogP contribution >= 0.6 is 23.5 Å². The summed E-state index contributed by atoms with van der Waals surface area (Å²) in [5, 5.41) is 4.43. The highest BCUT2D eigenvalue weighted by Crippen LogP contribution is 2.43. The van der Waals surface area contributed by atoms with Crippen molar-refractivity contribution in [2.24, 2.45) is 5.11 Å². The van der Waals surface area contributed by atoms with Crippen LogP contribution in [-0.2, 0) is 0 Å². The lowest BCUT2D eigenvalue weighted by Gasteiger charge is -2.36. The molecule has 2 atom stereocenters. The normalized spacial score (nSPS) is 33.8. The highest BCUT2D eigenvalue weighted by atomic mass is 32.2. The lowest BCUT2D eigenvalue weighted by molar-refractivity contribution is 0.583. The number of hydrogen-bond acceptors (Lipinski definition) is 3. The molecule has 0 aliphatic carbocycles. The first-order chi connectivity index (χ1) is 6.23. The van der Waals surface area contributed by atoms with Crippen molar-refractivity contribution >= 4 is 23.5 Å². The molecule has 5 heteroatoms. The average molecular weight is 217 g/mol. The van der Waals surface area contributed by atoms with Gasteiger partial charge in [0.25, 0.3) is 0 Å². The lowest BCUT2D eigenvalue weighted by atomic mass is 10.1. The van der Waals surface area contributed by atoms with Gasteiger partial charge in [0, 0.05) is 21.7 Å². The molecule has 0 spiro atoms. The van der Waals surface area contributed by atoms with Gasteiger partial charge in [-0.1, -0.05) is 18.5 Å². The minimum atomic E-state index is -0.215. The van der Waals surface area contributed by atoms with Crippen molar-refractivity contribution in [1.29, 1.82) is 0 Å². The second kappa shape index (κ2) is 5.03. The molecule has 1 fully saturated rings. The fourth-order valence-electron chi connectivity index (χ4n) is 1.48. The van der Waals surface area contributed by atoms with E-state index in [1.807, 2.05) is 11.8 Å². The summed E-state index contributed by atoms with van der Waals surface area (Å²) in [4.78, 5) is 2.74. The Morgan fingerprint density at radius 2 is 2.38 bits per heavy atom. The first-order valence-corrected chi connectivity index (χ1v) is 6.58. The van der Waals surface area contributed by atoms with E-state index in [0.29, 0.717) is 5.25 Å². The van der Waals surface area contributed by atoms with E-state index in [1.54, 1.807) is 11.8 Å². The number of hydrogen-bond donors (Lipinski definition) is 0. The third-order valence-corrected chi connectivity index (χ3v) is 5.49. The third-order valence-electron chi connectivity index (χ3n) is 2.19. The summed E-state index contributed by atoms with van der Waals surface area (Å²) >= 11 is 3.75. The van der Waals surface area contributed by atoms with Gasteiger partial charge < -0.3 is 0 Å². The van der Waals surface area contributed by atoms with Crippen molar-refractivity contribution in [2.45, 2.75) is 36.8 Å². The van der Waals surface area contributed by atoms with Crippen LogP contribution in [0.2, 0.25) is 0 Å². The molecular weight excluding hydrogens is 202 g/mol. The number of nitrogens with zero attached hydrogens (tertiary/aromatic N) is 3. The van der Waals surface area contributed by atoms with Gasteiger partial charge in [-0.05, 0) is 18.9 Å². The fraction of sp³-hybridized carbons (Fsp3) is 1.00. The third kappa shape index (κ3) is 2.73. The van der Waals surface area contributed by atoms with Crippen LogP contribution in [0, 0.1) is 0 Å². The molecule has 0 unspecified atom stereocenters. The Balaban J connectivity index is 2.70. The average Bonchev–Trinajstić information content (AvgIpc) is 2.10. The van der Waals surface area contributed by atoms with Crippen molar-refractivity contribution in [3.05, 3.63) is 10.4 Å². The van der Waals surface area contributed by atoms with Gasteiger partial charge >= 0.3 is 0 Å². The maximum atomic E-state index is 8.51. The van der Waals surface area contributed by atoms with E-state index >= 15 is 0 Å². The highest BCUT2D eigenvalue weighted by molar-refractivity contribution is 8.07. The molecule has 0 saturated carbocycles. The monoisotopic (exact) mass is 217 g/mol. The standard InChI is InChI=1S/C8H15N3S2/c1-3-4-7-8(2,10-11-9)13-6-5-12-7/h7H,3-6H2,1-2H3/t7-,8+/m0/s1. The zero-order valence-electron chi connectivity index (χ0n) is 8.06. The summed E-state index contributed by atoms with van der Waals surface area (Å²) in [6.07, 6.45) is 2.31. The first kappa shape index (κ1) is 11.1. The highest BCUT2D eigenvalue weighted by Gasteiger charge is 2.36. The summed E-state index contributed by atoms with van der Waals surface area (Å²) < 4.78 is 0. The van der Waals surface area contributed by atoms with E-state index in [4.69, 9.17) is 5.53 Å². The van der Waals surface area contributed by atoms with Gasteiger partial charge in [-0.15, -0.1) is 11.8 Å². The van der Waals surface area contributed by atoms with E-state index in [9.17, 15) is 0 Å². The summed E-state index contributed by atoms with van der Waals surface area (Å²) in [6, 6.07) is 0. The summed E-state index contributed by atoms with van der Waals surface area (Å²) in [5.41, 5.74) is 8.51. The van der Waals surface area contributed by atoms with Gasteiger partial charge in [0.2, 0.25) is 0 Å². The Morgan fingerprint density at radius 1 is 1.62 bits per heavy atom. The van der Waals surface area contributed by atoms with Gasteiger partial charge in [0.05, 0.1) is 0 Å². The zero-order valence-corrected chi connectivity index (χ0v) is 9.70. The Kier molecular flexibility index (Phi) is 4.29. The molecule has 0 radical (unpaired) electrons. The fourth-order valence-corrected chi connectivity index (χ4v) is 4.46. The van der Waals surface area contributed by atoms with Crippen LogP contribution in [-0.4, -0.2) is 21.6 Å². The molecule has 0 bridgehead atoms. The van der Waals surface area contributed by atoms with Crippen molar-refractivity contribution in [2.75, 3.05) is 11.5 Å². The molecular formula is C8H15N3S2. The topological polar surface area (TPSA) is 48.8 Å². The molecule has 0 aromatic carbocycles. The molecule has 0 aromatic rings. The van der Waals surface area contributed by atoms with E-state index in [1.165, 1.54) is 5.75 Å². The summed E-state index contributed by atoms with van der Waals surface area (Å²) in [7, 11) is 0. The molecule has 1 saturated heterocycles. The summed E-state index contributed by atoms with van der Waals surface area (Å²) in [5.74, 6) is 2.28. The smallest absolute Gasteiger partial charge is 0.103 e. The first-order valence-electron chi connectivity index (χ1n) is 4.54. The van der Waals surface area contributed by atoms with Crippen molar-refractivity contribution < 1.29 is 0 Å². The zero-order chi connectivity index (χ0) is 9.73. The van der Waals surface area contributed by atoms with E-state index in [-0.39, 0.29) is 4.87 Å². The van der Waals surface area contributed by atoms with Gasteiger partial charge in [0.15, 0.2) is 0 Å². The second-order valence-corrected chi connectivity index (χ2v) is 6.07. The predicted molar refractivity (Wildman–Crippen MR) is 61.2 cm³/mol. The molecule has 13 heavy (non-hydrogen) atoms. The quantitative estimate of drug-likeness (QED) is 0.411. The van der Waals surface area contributed by atoms with Gasteiger partial charge in [0.1, 0.15) is 4.87 Å². The van der Waals surface area contributed by atoms with Crippen LogP contribution < -0.4 is 0 Å². The Hall–Kier alpha value is 0.01000. The molecule has 0 N–H and O–H groups in total. The minimum absolute atomic E-state index is 0.215. The predicted octanol–water partition coefficient (Wildman–Crippen LogP) is 3.66. The molecule has 0 amide bonds. The van der Waals surface area contributed by atoms with Crippen LogP contribution in [0.3, 0.4) is 0 Å². The maximum absolute atomic E-state index is 8.51. The molecule has 1 heterocycles. The Bertz CT molecular complexity index is 213. The van der Waals surface area contributed by atoms with Crippen LogP contribution in [0.5, 0.6) is 0 Å². The lowest BCUT2D eigenvalue weighted by Crippen LogP contribution is -2.35. The molecule has 74 valence electrons. The second-order valence-electron chi connectivity index (χ2n) is 3.24. The SMILES string of the molecule is CCC[C@@H]1SCCS[C@@]1(C)N=[N+]=[N-]. The van der Waals surface area contributed by atoms with Crippen molar-refractivity contribution in [3.63, 3.8) is 0 Å². The number of azide groups is 1. The van der Waals surface area contributed by atoms with E-state index in [2.05, 4.69) is 23.9 Å². The van der Waals surface area contributed by atoms with E-state index < -0.39 is 0 Å². The minimum Gasteiger partial charge on any atom is -0.156 e. The largest absolute Gasteiger partial charge is 0.156 e. The molecule has 0 aromatic heterocycles. The Morgan fingerprint density at radius 3 is 3.00 bits per heavy atom. The van der Waals surface area contributed by atoms with Crippen LogP contribution in [0.25, 0.3) is 10.4 Å². The molecule has 1 aliphatic heterocycles. The summed E-state index contributed by atoms with van der Waals surface area (Å²) in [6.45, 7) is 4.24. The van der Waals surface area contributed by atoms with Crippen LogP contribution in [0.1, 0.15) is 26.7 Å². The van der Waals surface area contributed by atoms with Crippen molar-refractivity contribution in [1.82, 2.24) is 0 Å². The van der Waals surface area contributed by atoms with Crippen molar-refractivity contribution in [3.8, 4) is 0 Å². The molecule has 3 nitrogen and oxygen atoms in total. The number of rotatable bonds is 3. The van der Waals surface area contributed by atoms with E-state index in [0.717, 1.165) is 18.6 Å². The maximum Gasteiger partial charge on any atom is 0.103 e. The van der Waals surface area contributed by atoms with Crippen LogP contribution in [0.15, 0.2) is 5.11 Å². The van der Waals surface area contributed by atoms with Gasteiger partial charge in [-0.2, -0.15) is 11.8 Å². The van der Waals surface area contributed by atoms with Crippen LogP contribution in [0.4, 0.5) is 0 Å². The molecule has 1 aliphatic rings.